The van der Waals surface area contributed by atoms with Gasteiger partial charge in [-0.25, -0.2) is 4.98 Å². The van der Waals surface area contributed by atoms with Gasteiger partial charge in [0, 0.05) is 6.04 Å². The van der Waals surface area contributed by atoms with Crippen LogP contribution in [0.25, 0.3) is 0 Å². The summed E-state index contributed by atoms with van der Waals surface area (Å²) < 4.78 is 4.50. The molecule has 1 aromatic heterocycles. The summed E-state index contributed by atoms with van der Waals surface area (Å²) in [5.41, 5.74) is 0.0286. The third-order valence-electron chi connectivity index (χ3n) is 2.11. The lowest BCUT2D eigenvalue weighted by Crippen LogP contribution is -2.35. The van der Waals surface area contributed by atoms with Crippen LogP contribution in [0.5, 0.6) is 0 Å². The Morgan fingerprint density at radius 2 is 2.11 bits per heavy atom. The number of methoxy groups -OCH3 is 1. The van der Waals surface area contributed by atoms with Crippen molar-refractivity contribution >= 4 is 35.1 Å². The number of ether oxygens (including phenoxy) is 1. The van der Waals surface area contributed by atoms with Gasteiger partial charge in [0.2, 0.25) is 0 Å². The normalized spacial score (nSPS) is 11.8. The van der Waals surface area contributed by atoms with Crippen molar-refractivity contribution in [3.8, 4) is 0 Å². The zero-order valence-corrected chi connectivity index (χ0v) is 11.4. The number of carbonyl (C=O) groups excluding carboxylic acids is 2. The molecule has 0 aliphatic rings. The Bertz CT molecular complexity index is 466. The first-order chi connectivity index (χ1) is 8.43. The molecule has 0 spiro atoms. The van der Waals surface area contributed by atoms with Gasteiger partial charge in [-0.1, -0.05) is 23.2 Å². The number of aromatic nitrogens is 1. The van der Waals surface area contributed by atoms with Gasteiger partial charge in [-0.2, -0.15) is 0 Å². The van der Waals surface area contributed by atoms with E-state index in [-0.39, 0.29) is 28.3 Å². The maximum absolute atomic E-state index is 11.8. The summed E-state index contributed by atoms with van der Waals surface area (Å²) in [7, 11) is 1.28. The molecule has 1 aromatic rings. The van der Waals surface area contributed by atoms with E-state index in [9.17, 15) is 9.59 Å². The summed E-state index contributed by atoms with van der Waals surface area (Å²) in [6, 6.07) is 2.58. The number of rotatable bonds is 4. The average Bonchev–Trinajstić information content (AvgIpc) is 2.31. The summed E-state index contributed by atoms with van der Waals surface area (Å²) in [4.78, 5) is 26.7. The largest absolute Gasteiger partial charge is 0.469 e. The second-order valence-electron chi connectivity index (χ2n) is 3.62. The maximum atomic E-state index is 11.8. The number of nitrogens with one attached hydrogen (secondary N) is 1. The Kier molecular flexibility index (Phi) is 5.37. The monoisotopic (exact) mass is 290 g/mol. The first-order valence-electron chi connectivity index (χ1n) is 5.13. The number of halogens is 2. The van der Waals surface area contributed by atoms with Gasteiger partial charge in [0.1, 0.15) is 10.8 Å². The molecule has 1 N–H and O–H groups in total. The quantitative estimate of drug-likeness (QED) is 0.681. The molecule has 0 bridgehead atoms. The van der Waals surface area contributed by atoms with Crippen LogP contribution < -0.4 is 5.32 Å². The Morgan fingerprint density at radius 1 is 1.44 bits per heavy atom. The fourth-order valence-corrected chi connectivity index (χ4v) is 1.59. The molecule has 18 heavy (non-hydrogen) atoms. The third kappa shape index (κ3) is 4.16. The van der Waals surface area contributed by atoms with Crippen molar-refractivity contribution in [3.63, 3.8) is 0 Å². The lowest BCUT2D eigenvalue weighted by molar-refractivity contribution is -0.141. The minimum absolute atomic E-state index is 0.0286. The predicted molar refractivity (Wildman–Crippen MR) is 67.8 cm³/mol. The van der Waals surface area contributed by atoms with Crippen LogP contribution in [-0.4, -0.2) is 30.0 Å². The summed E-state index contributed by atoms with van der Waals surface area (Å²) in [6.45, 7) is 1.67. The molecule has 5 nitrogen and oxygen atoms in total. The van der Waals surface area contributed by atoms with Crippen LogP contribution in [0.2, 0.25) is 10.2 Å². The summed E-state index contributed by atoms with van der Waals surface area (Å²) in [6.07, 6.45) is 0.0699. The highest BCUT2D eigenvalue weighted by molar-refractivity contribution is 6.34. The Morgan fingerprint density at radius 3 is 2.72 bits per heavy atom. The minimum atomic E-state index is -0.487. The molecular weight excluding hydrogens is 279 g/mol. The van der Waals surface area contributed by atoms with Crippen molar-refractivity contribution in [1.29, 1.82) is 0 Å². The zero-order chi connectivity index (χ0) is 13.7. The van der Waals surface area contributed by atoms with Crippen LogP contribution >= 0.6 is 23.2 Å². The van der Waals surface area contributed by atoms with E-state index in [4.69, 9.17) is 23.2 Å². The number of carbonyl (C=O) groups is 2. The molecule has 0 aliphatic carbocycles. The molecule has 7 heteroatoms. The molecule has 1 amide bonds. The summed E-state index contributed by atoms with van der Waals surface area (Å²) in [5.74, 6) is -0.896. The highest BCUT2D eigenvalue weighted by atomic mass is 35.5. The third-order valence-corrected chi connectivity index (χ3v) is 2.62. The van der Waals surface area contributed by atoms with Crippen molar-refractivity contribution in [3.05, 3.63) is 28.0 Å². The van der Waals surface area contributed by atoms with Crippen molar-refractivity contribution < 1.29 is 14.3 Å². The fraction of sp³-hybridized carbons (Fsp3) is 0.364. The van der Waals surface area contributed by atoms with E-state index >= 15 is 0 Å². The SMILES string of the molecule is COC(=O)CC(C)NC(=O)c1nc(Cl)ccc1Cl. The number of amides is 1. The zero-order valence-electron chi connectivity index (χ0n) is 9.87. The van der Waals surface area contributed by atoms with Crippen molar-refractivity contribution in [2.75, 3.05) is 7.11 Å². The van der Waals surface area contributed by atoms with Crippen LogP contribution in [0.1, 0.15) is 23.8 Å². The summed E-state index contributed by atoms with van der Waals surface area (Å²) in [5, 5.41) is 2.95. The number of hydrogen-bond donors (Lipinski definition) is 1. The highest BCUT2D eigenvalue weighted by Crippen LogP contribution is 2.16. The molecule has 0 saturated carbocycles. The highest BCUT2D eigenvalue weighted by Gasteiger charge is 2.17. The van der Waals surface area contributed by atoms with E-state index in [0.717, 1.165) is 0 Å². The lowest BCUT2D eigenvalue weighted by Gasteiger charge is -2.12. The second-order valence-corrected chi connectivity index (χ2v) is 4.41. The molecule has 1 atom stereocenters. The van der Waals surface area contributed by atoms with Gasteiger partial charge in [-0.3, -0.25) is 9.59 Å². The Hall–Kier alpha value is -1.33. The minimum Gasteiger partial charge on any atom is -0.469 e. The van der Waals surface area contributed by atoms with Crippen LogP contribution in [0, 0.1) is 0 Å². The van der Waals surface area contributed by atoms with Gasteiger partial charge in [-0.05, 0) is 19.1 Å². The first kappa shape index (κ1) is 14.7. The van der Waals surface area contributed by atoms with Gasteiger partial charge in [0.25, 0.3) is 5.91 Å². The molecular formula is C11H12Cl2N2O3. The second kappa shape index (κ2) is 6.56. The fourth-order valence-electron chi connectivity index (χ4n) is 1.25. The molecule has 0 radical (unpaired) electrons. The molecule has 1 rings (SSSR count). The van der Waals surface area contributed by atoms with E-state index in [1.54, 1.807) is 6.92 Å². The first-order valence-corrected chi connectivity index (χ1v) is 5.89. The molecule has 1 unspecified atom stereocenters. The lowest BCUT2D eigenvalue weighted by atomic mass is 10.2. The molecule has 1 heterocycles. The van der Waals surface area contributed by atoms with E-state index in [2.05, 4.69) is 15.0 Å². The van der Waals surface area contributed by atoms with Crippen LogP contribution in [0.3, 0.4) is 0 Å². The van der Waals surface area contributed by atoms with Gasteiger partial charge < -0.3 is 10.1 Å². The van der Waals surface area contributed by atoms with Gasteiger partial charge in [-0.15, -0.1) is 0 Å². The van der Waals surface area contributed by atoms with E-state index in [0.29, 0.717) is 0 Å². The van der Waals surface area contributed by atoms with Crippen molar-refractivity contribution in [2.45, 2.75) is 19.4 Å². The van der Waals surface area contributed by atoms with Crippen molar-refractivity contribution in [1.82, 2.24) is 10.3 Å². The van der Waals surface area contributed by atoms with Crippen LogP contribution in [0.4, 0.5) is 0 Å². The van der Waals surface area contributed by atoms with Crippen LogP contribution in [-0.2, 0) is 9.53 Å². The molecule has 0 aromatic carbocycles. The van der Waals surface area contributed by atoms with E-state index in [1.807, 2.05) is 0 Å². The molecule has 0 fully saturated rings. The van der Waals surface area contributed by atoms with Crippen LogP contribution in [0.15, 0.2) is 12.1 Å². The van der Waals surface area contributed by atoms with Gasteiger partial charge >= 0.3 is 5.97 Å². The maximum Gasteiger partial charge on any atom is 0.307 e. The van der Waals surface area contributed by atoms with Gasteiger partial charge in [0.05, 0.1) is 18.6 Å². The van der Waals surface area contributed by atoms with Crippen molar-refractivity contribution in [2.24, 2.45) is 0 Å². The Balaban J connectivity index is 2.70. The standard InChI is InChI=1S/C11H12Cl2N2O3/c1-6(5-9(16)18-2)14-11(17)10-7(12)3-4-8(13)15-10/h3-4,6H,5H2,1-2H3,(H,14,17). The number of esters is 1. The van der Waals surface area contributed by atoms with E-state index < -0.39 is 11.9 Å². The van der Waals surface area contributed by atoms with E-state index in [1.165, 1.54) is 19.2 Å². The molecule has 0 aliphatic heterocycles. The number of pyridine rings is 1. The molecule has 0 saturated heterocycles. The average molecular weight is 291 g/mol. The molecule has 98 valence electrons. The Labute approximate surface area is 114 Å². The predicted octanol–water partition coefficient (Wildman–Crippen LogP) is 2.07. The smallest absolute Gasteiger partial charge is 0.307 e. The summed E-state index contributed by atoms with van der Waals surface area (Å²) >= 11 is 11.5. The van der Waals surface area contributed by atoms with Gasteiger partial charge in [0.15, 0.2) is 0 Å². The number of hydrogen-bond acceptors (Lipinski definition) is 4. The topological polar surface area (TPSA) is 68.3 Å². The number of nitrogens with zero attached hydrogens (tertiary/aromatic N) is 1.